The molecule has 0 saturated heterocycles. The second-order valence-corrected chi connectivity index (χ2v) is 15.8. The highest BCUT2D eigenvalue weighted by molar-refractivity contribution is 7.93. The molecule has 2 atom stereocenters. The van der Waals surface area contributed by atoms with Crippen molar-refractivity contribution >= 4 is 52.7 Å². The largest absolute Gasteiger partial charge is 0.598 e. The molecule has 1 N–H and O–H groups in total. The summed E-state index contributed by atoms with van der Waals surface area (Å²) in [5.74, 6) is 5.72. The minimum absolute atomic E-state index is 0.310. The van der Waals surface area contributed by atoms with Crippen LogP contribution in [0.25, 0.3) is 20.2 Å². The standard InChI is InChI=1S/C27H30N2O3S3/c1-6-8-19-9-11-23-21(15-19)22-16-20(10-12-24(22)33-23)26(5,29-34(30)25(2,3)4)18-35(31,32)27(17-28)13-7-14-27/h9-12,15-16,29H,7,13-14,18H2,1-5H3/t26-,34?/m0/s1. The number of nitriles is 1. The predicted octanol–water partition coefficient (Wildman–Crippen LogP) is 5.55. The third-order valence-corrected chi connectivity index (χ3v) is 12.2. The van der Waals surface area contributed by atoms with E-state index >= 15 is 0 Å². The predicted molar refractivity (Wildman–Crippen MR) is 146 cm³/mol. The number of fused-ring (bicyclic) bond motifs is 3. The van der Waals surface area contributed by atoms with Crippen LogP contribution in [0.5, 0.6) is 0 Å². The van der Waals surface area contributed by atoms with Crippen molar-refractivity contribution in [2.24, 2.45) is 0 Å². The van der Waals surface area contributed by atoms with Crippen LogP contribution in [0.2, 0.25) is 0 Å². The maximum absolute atomic E-state index is 13.6. The molecule has 1 heterocycles. The maximum Gasteiger partial charge on any atom is 0.171 e. The van der Waals surface area contributed by atoms with Gasteiger partial charge in [0.05, 0.1) is 17.4 Å². The zero-order chi connectivity index (χ0) is 25.6. The second-order valence-electron chi connectivity index (χ2n) is 10.4. The summed E-state index contributed by atoms with van der Waals surface area (Å²) in [5, 5.41) is 11.8. The first kappa shape index (κ1) is 26.0. The number of rotatable bonds is 6. The molecule has 0 aliphatic heterocycles. The van der Waals surface area contributed by atoms with Crippen molar-refractivity contribution in [2.45, 2.75) is 68.9 Å². The lowest BCUT2D eigenvalue weighted by atomic mass is 9.86. The van der Waals surface area contributed by atoms with Gasteiger partial charge in [-0.15, -0.1) is 22.0 Å². The van der Waals surface area contributed by atoms with Gasteiger partial charge in [0.1, 0.15) is 4.75 Å². The summed E-state index contributed by atoms with van der Waals surface area (Å²) in [6, 6.07) is 14.1. The van der Waals surface area contributed by atoms with Crippen molar-refractivity contribution in [1.82, 2.24) is 4.72 Å². The third-order valence-electron chi connectivity index (χ3n) is 6.69. The minimum atomic E-state index is -3.80. The lowest BCUT2D eigenvalue weighted by molar-refractivity contribution is 0.393. The lowest BCUT2D eigenvalue weighted by Gasteiger charge is -2.40. The summed E-state index contributed by atoms with van der Waals surface area (Å²) in [5.41, 5.74) is 0.494. The number of thiophene rings is 1. The van der Waals surface area contributed by atoms with E-state index in [4.69, 9.17) is 0 Å². The summed E-state index contributed by atoms with van der Waals surface area (Å²) in [7, 11) is -3.80. The maximum atomic E-state index is 13.6. The van der Waals surface area contributed by atoms with Crippen LogP contribution < -0.4 is 4.72 Å². The average Bonchev–Trinajstić information content (AvgIpc) is 3.09. The molecule has 5 nitrogen and oxygen atoms in total. The van der Waals surface area contributed by atoms with Crippen molar-refractivity contribution in [1.29, 1.82) is 5.26 Å². The molecule has 0 bridgehead atoms. The first-order valence-electron chi connectivity index (χ1n) is 11.6. The highest BCUT2D eigenvalue weighted by atomic mass is 32.2. The Morgan fingerprint density at radius 1 is 1.11 bits per heavy atom. The number of hydrogen-bond donors (Lipinski definition) is 1. The number of nitrogens with zero attached hydrogens (tertiary/aromatic N) is 1. The molecule has 1 aliphatic carbocycles. The second kappa shape index (κ2) is 9.10. The zero-order valence-corrected chi connectivity index (χ0v) is 23.1. The quantitative estimate of drug-likeness (QED) is 0.336. The monoisotopic (exact) mass is 526 g/mol. The fraction of sp³-hybridized carbons (Fsp3) is 0.444. The summed E-state index contributed by atoms with van der Waals surface area (Å²) in [6.45, 7) is 9.12. The van der Waals surface area contributed by atoms with Gasteiger partial charge in [0.15, 0.2) is 14.6 Å². The summed E-state index contributed by atoms with van der Waals surface area (Å²) >= 11 is 0.145. The van der Waals surface area contributed by atoms with Gasteiger partial charge >= 0.3 is 0 Å². The van der Waals surface area contributed by atoms with E-state index in [1.807, 2.05) is 45.0 Å². The summed E-state index contributed by atoms with van der Waals surface area (Å²) in [4.78, 5) is 0. The van der Waals surface area contributed by atoms with E-state index in [1.54, 1.807) is 25.2 Å². The molecule has 184 valence electrons. The SMILES string of the molecule is CC#Cc1ccc2sc3ccc([C@](C)(CS(=O)(=O)C4(C#N)CCC4)N[S+]([O-])C(C)(C)C)cc3c2c1. The van der Waals surface area contributed by atoms with E-state index in [-0.39, 0.29) is 5.75 Å². The molecule has 4 rings (SSSR count). The van der Waals surface area contributed by atoms with E-state index < -0.39 is 36.2 Å². The number of hydrogen-bond acceptors (Lipinski definition) is 6. The third kappa shape index (κ3) is 4.71. The van der Waals surface area contributed by atoms with Gasteiger partial charge in [0.25, 0.3) is 0 Å². The van der Waals surface area contributed by atoms with Gasteiger partial charge in [-0.25, -0.2) is 8.42 Å². The molecule has 0 amide bonds. The Morgan fingerprint density at radius 3 is 2.29 bits per heavy atom. The Labute approximate surface area is 215 Å². The average molecular weight is 527 g/mol. The van der Waals surface area contributed by atoms with E-state index in [9.17, 15) is 18.2 Å². The van der Waals surface area contributed by atoms with Crippen molar-refractivity contribution < 1.29 is 13.0 Å². The number of nitrogens with one attached hydrogen (secondary N) is 1. The van der Waals surface area contributed by atoms with Crippen LogP contribution in [-0.4, -0.2) is 28.2 Å². The minimum Gasteiger partial charge on any atom is -0.598 e. The van der Waals surface area contributed by atoms with Gasteiger partial charge in [-0.05, 0) is 89.8 Å². The zero-order valence-electron chi connectivity index (χ0n) is 20.7. The van der Waals surface area contributed by atoms with Gasteiger partial charge in [0, 0.05) is 37.1 Å². The van der Waals surface area contributed by atoms with Crippen molar-refractivity contribution in [2.75, 3.05) is 5.75 Å². The van der Waals surface area contributed by atoms with Gasteiger partial charge in [-0.2, -0.15) is 5.26 Å². The Kier molecular flexibility index (Phi) is 6.76. The fourth-order valence-corrected chi connectivity index (χ4v) is 8.77. The molecule has 2 aromatic carbocycles. The number of sulfone groups is 1. The van der Waals surface area contributed by atoms with Gasteiger partial charge < -0.3 is 4.55 Å². The van der Waals surface area contributed by atoms with E-state index in [0.29, 0.717) is 12.8 Å². The Balaban J connectivity index is 1.86. The summed E-state index contributed by atoms with van der Waals surface area (Å²) in [6.07, 6.45) is 1.42. The first-order chi connectivity index (χ1) is 16.3. The van der Waals surface area contributed by atoms with E-state index in [1.165, 1.54) is 0 Å². The molecule has 3 aromatic rings. The molecule has 0 spiro atoms. The van der Waals surface area contributed by atoms with Crippen LogP contribution in [0, 0.1) is 23.2 Å². The summed E-state index contributed by atoms with van der Waals surface area (Å²) < 4.78 is 43.7. The van der Waals surface area contributed by atoms with Crippen LogP contribution >= 0.6 is 11.3 Å². The Morgan fingerprint density at radius 2 is 1.74 bits per heavy atom. The van der Waals surface area contributed by atoms with Crippen molar-refractivity contribution in [3.05, 3.63) is 47.5 Å². The van der Waals surface area contributed by atoms with E-state index in [0.717, 1.165) is 37.7 Å². The Bertz CT molecular complexity index is 1500. The topological polar surface area (TPSA) is 93.0 Å². The van der Waals surface area contributed by atoms with E-state index in [2.05, 4.69) is 34.8 Å². The molecule has 1 unspecified atom stereocenters. The lowest BCUT2D eigenvalue weighted by Crippen LogP contribution is -2.56. The first-order valence-corrected chi connectivity index (χ1v) is 15.2. The fourth-order valence-electron chi connectivity index (χ4n) is 4.38. The van der Waals surface area contributed by atoms with Crippen LogP contribution in [0.1, 0.15) is 65.0 Å². The molecule has 35 heavy (non-hydrogen) atoms. The van der Waals surface area contributed by atoms with Crippen molar-refractivity contribution in [3.8, 4) is 17.9 Å². The molecule has 0 radical (unpaired) electrons. The van der Waals surface area contributed by atoms with Crippen molar-refractivity contribution in [3.63, 3.8) is 0 Å². The highest BCUT2D eigenvalue weighted by Crippen LogP contribution is 2.43. The molecule has 1 saturated carbocycles. The van der Waals surface area contributed by atoms with Crippen LogP contribution in [0.3, 0.4) is 0 Å². The number of benzene rings is 2. The molecule has 1 fully saturated rings. The van der Waals surface area contributed by atoms with Crippen LogP contribution in [-0.2, 0) is 26.7 Å². The van der Waals surface area contributed by atoms with Crippen LogP contribution in [0.15, 0.2) is 36.4 Å². The Hall–Kier alpha value is -2.07. The molecule has 1 aliphatic rings. The smallest absolute Gasteiger partial charge is 0.171 e. The highest BCUT2D eigenvalue weighted by Gasteiger charge is 2.53. The normalized spacial score (nSPS) is 18.2. The van der Waals surface area contributed by atoms with Gasteiger partial charge in [-0.1, -0.05) is 12.0 Å². The molecular formula is C27H30N2O3S3. The molecule has 1 aromatic heterocycles. The van der Waals surface area contributed by atoms with Gasteiger partial charge in [0.2, 0.25) is 0 Å². The van der Waals surface area contributed by atoms with Crippen LogP contribution in [0.4, 0.5) is 0 Å². The molecule has 8 heteroatoms. The van der Waals surface area contributed by atoms with Gasteiger partial charge in [-0.3, -0.25) is 0 Å². The molecular weight excluding hydrogens is 497 g/mol.